The summed E-state index contributed by atoms with van der Waals surface area (Å²) < 4.78 is 1.73. The molecule has 0 saturated heterocycles. The number of amides is 2. The molecule has 148 valence electrons. The van der Waals surface area contributed by atoms with Crippen LogP contribution in [-0.2, 0) is 0 Å². The van der Waals surface area contributed by atoms with Crippen molar-refractivity contribution in [3.8, 4) is 5.69 Å². The summed E-state index contributed by atoms with van der Waals surface area (Å²) in [6.45, 7) is 7.66. The van der Waals surface area contributed by atoms with Gasteiger partial charge in [-0.3, -0.25) is 9.59 Å². The average Bonchev–Trinajstić information content (AvgIpc) is 2.99. The molecule has 0 atom stereocenters. The SMILES string of the molecule is C=CCNC(=O)c1ccccc1NC(=O)c1ccc(-n2nc(C)c(Cl)c2C)cc1. The molecule has 1 aromatic heterocycles. The topological polar surface area (TPSA) is 76.0 Å². The van der Waals surface area contributed by atoms with Crippen LogP contribution in [0.3, 0.4) is 0 Å². The summed E-state index contributed by atoms with van der Waals surface area (Å²) in [7, 11) is 0. The van der Waals surface area contributed by atoms with Crippen LogP contribution in [0.15, 0.2) is 61.2 Å². The maximum atomic E-state index is 12.7. The van der Waals surface area contributed by atoms with Crippen molar-refractivity contribution in [3.05, 3.63) is 88.7 Å². The van der Waals surface area contributed by atoms with E-state index >= 15 is 0 Å². The third kappa shape index (κ3) is 4.38. The Labute approximate surface area is 174 Å². The van der Waals surface area contributed by atoms with E-state index in [2.05, 4.69) is 22.3 Å². The van der Waals surface area contributed by atoms with Crippen molar-refractivity contribution >= 4 is 29.1 Å². The molecule has 0 saturated carbocycles. The van der Waals surface area contributed by atoms with Crippen LogP contribution in [0.25, 0.3) is 5.69 Å². The Morgan fingerprint density at radius 3 is 2.41 bits per heavy atom. The minimum absolute atomic E-state index is 0.280. The Morgan fingerprint density at radius 1 is 1.10 bits per heavy atom. The summed E-state index contributed by atoms with van der Waals surface area (Å²) in [4.78, 5) is 24.9. The Hall–Kier alpha value is -3.38. The maximum absolute atomic E-state index is 12.7. The van der Waals surface area contributed by atoms with Crippen molar-refractivity contribution in [1.29, 1.82) is 0 Å². The number of hydrogen-bond donors (Lipinski definition) is 2. The third-order valence-electron chi connectivity index (χ3n) is 4.40. The van der Waals surface area contributed by atoms with Gasteiger partial charge >= 0.3 is 0 Å². The van der Waals surface area contributed by atoms with Gasteiger partial charge in [0.25, 0.3) is 11.8 Å². The minimum atomic E-state index is -0.313. The first kappa shape index (κ1) is 20.4. The van der Waals surface area contributed by atoms with Crippen molar-refractivity contribution in [1.82, 2.24) is 15.1 Å². The van der Waals surface area contributed by atoms with Gasteiger partial charge in [-0.1, -0.05) is 29.8 Å². The molecule has 2 aromatic carbocycles. The van der Waals surface area contributed by atoms with Crippen molar-refractivity contribution in [3.63, 3.8) is 0 Å². The van der Waals surface area contributed by atoms with Crippen LogP contribution >= 0.6 is 11.6 Å². The standard InChI is InChI=1S/C22H21ClN4O2/c1-4-13-24-22(29)18-7-5-6-8-19(18)25-21(28)16-9-11-17(12-10-16)27-15(3)20(23)14(2)26-27/h4-12H,1,13H2,2-3H3,(H,24,29)(H,25,28). The molecular formula is C22H21ClN4O2. The monoisotopic (exact) mass is 408 g/mol. The Bertz CT molecular complexity index is 1070. The lowest BCUT2D eigenvalue weighted by Crippen LogP contribution is -2.25. The molecule has 0 aliphatic carbocycles. The van der Waals surface area contributed by atoms with Crippen molar-refractivity contribution in [2.75, 3.05) is 11.9 Å². The van der Waals surface area contributed by atoms with E-state index in [1.165, 1.54) is 0 Å². The van der Waals surface area contributed by atoms with Crippen LogP contribution in [0.1, 0.15) is 32.1 Å². The lowest BCUT2D eigenvalue weighted by atomic mass is 10.1. The van der Waals surface area contributed by atoms with E-state index in [0.29, 0.717) is 28.4 Å². The van der Waals surface area contributed by atoms with Crippen LogP contribution in [0, 0.1) is 13.8 Å². The van der Waals surface area contributed by atoms with E-state index in [1.807, 2.05) is 13.8 Å². The minimum Gasteiger partial charge on any atom is -0.349 e. The van der Waals surface area contributed by atoms with Gasteiger partial charge in [0, 0.05) is 12.1 Å². The first-order valence-corrected chi connectivity index (χ1v) is 9.41. The Kier molecular flexibility index (Phi) is 6.14. The number of aryl methyl sites for hydroxylation is 1. The van der Waals surface area contributed by atoms with Crippen LogP contribution in [0.5, 0.6) is 0 Å². The quantitative estimate of drug-likeness (QED) is 0.596. The van der Waals surface area contributed by atoms with E-state index in [-0.39, 0.29) is 11.8 Å². The third-order valence-corrected chi connectivity index (χ3v) is 4.95. The number of aromatic nitrogens is 2. The van der Waals surface area contributed by atoms with E-state index < -0.39 is 0 Å². The van der Waals surface area contributed by atoms with Crippen molar-refractivity contribution in [2.24, 2.45) is 0 Å². The summed E-state index contributed by atoms with van der Waals surface area (Å²) >= 11 is 6.21. The second-order valence-corrected chi connectivity index (χ2v) is 6.82. The first-order valence-electron chi connectivity index (χ1n) is 9.04. The van der Waals surface area contributed by atoms with Crippen molar-refractivity contribution < 1.29 is 9.59 Å². The first-order chi connectivity index (χ1) is 13.9. The second-order valence-electron chi connectivity index (χ2n) is 6.44. The molecular weight excluding hydrogens is 388 g/mol. The van der Waals surface area contributed by atoms with Gasteiger partial charge in [-0.05, 0) is 50.2 Å². The largest absolute Gasteiger partial charge is 0.349 e. The number of nitrogens with zero attached hydrogens (tertiary/aromatic N) is 2. The van der Waals surface area contributed by atoms with Gasteiger partial charge in [0.15, 0.2) is 0 Å². The number of rotatable bonds is 6. The molecule has 1 heterocycles. The van der Waals surface area contributed by atoms with Gasteiger partial charge in [-0.15, -0.1) is 6.58 Å². The summed E-state index contributed by atoms with van der Waals surface area (Å²) in [5.74, 6) is -0.593. The van der Waals surface area contributed by atoms with Gasteiger partial charge < -0.3 is 10.6 Å². The summed E-state index contributed by atoms with van der Waals surface area (Å²) in [5.41, 5.74) is 3.67. The lowest BCUT2D eigenvalue weighted by Gasteiger charge is -2.11. The highest BCUT2D eigenvalue weighted by Gasteiger charge is 2.15. The van der Waals surface area contributed by atoms with Gasteiger partial charge in [-0.25, -0.2) is 4.68 Å². The fourth-order valence-electron chi connectivity index (χ4n) is 2.87. The molecule has 0 aliphatic heterocycles. The number of nitrogens with one attached hydrogen (secondary N) is 2. The summed E-state index contributed by atoms with van der Waals surface area (Å²) in [6.07, 6.45) is 1.59. The highest BCUT2D eigenvalue weighted by Crippen LogP contribution is 2.23. The van der Waals surface area contributed by atoms with E-state index in [0.717, 1.165) is 17.1 Å². The molecule has 2 amide bonds. The fraction of sp³-hybridized carbons (Fsp3) is 0.136. The number of halogens is 1. The zero-order valence-electron chi connectivity index (χ0n) is 16.2. The zero-order valence-corrected chi connectivity index (χ0v) is 17.0. The zero-order chi connectivity index (χ0) is 21.0. The number of anilines is 1. The summed E-state index contributed by atoms with van der Waals surface area (Å²) in [6, 6.07) is 13.9. The van der Waals surface area contributed by atoms with E-state index in [4.69, 9.17) is 11.6 Å². The number of benzene rings is 2. The van der Waals surface area contributed by atoms with Gasteiger partial charge in [-0.2, -0.15) is 5.10 Å². The highest BCUT2D eigenvalue weighted by molar-refractivity contribution is 6.31. The summed E-state index contributed by atoms with van der Waals surface area (Å²) in [5, 5.41) is 10.5. The second kappa shape index (κ2) is 8.75. The molecule has 2 N–H and O–H groups in total. The van der Waals surface area contributed by atoms with Crippen LogP contribution in [0.4, 0.5) is 5.69 Å². The molecule has 7 heteroatoms. The number of hydrogen-bond acceptors (Lipinski definition) is 3. The molecule has 3 aromatic rings. The molecule has 0 aliphatic rings. The molecule has 29 heavy (non-hydrogen) atoms. The number of carbonyl (C=O) groups is 2. The Balaban J connectivity index is 1.79. The number of carbonyl (C=O) groups excluding carboxylic acids is 2. The van der Waals surface area contributed by atoms with Gasteiger partial charge in [0.05, 0.1) is 33.3 Å². The number of para-hydroxylation sites is 1. The smallest absolute Gasteiger partial charge is 0.255 e. The molecule has 0 fully saturated rings. The normalized spacial score (nSPS) is 10.4. The lowest BCUT2D eigenvalue weighted by molar-refractivity contribution is 0.0959. The van der Waals surface area contributed by atoms with Gasteiger partial charge in [0.1, 0.15) is 0 Å². The molecule has 0 spiro atoms. The molecule has 0 bridgehead atoms. The maximum Gasteiger partial charge on any atom is 0.255 e. The van der Waals surface area contributed by atoms with Crippen molar-refractivity contribution in [2.45, 2.75) is 13.8 Å². The average molecular weight is 409 g/mol. The predicted molar refractivity (Wildman–Crippen MR) is 115 cm³/mol. The van der Waals surface area contributed by atoms with Crippen LogP contribution < -0.4 is 10.6 Å². The fourth-order valence-corrected chi connectivity index (χ4v) is 2.99. The van der Waals surface area contributed by atoms with E-state index in [1.54, 1.807) is 59.3 Å². The predicted octanol–water partition coefficient (Wildman–Crippen LogP) is 4.31. The molecule has 0 radical (unpaired) electrons. The van der Waals surface area contributed by atoms with E-state index in [9.17, 15) is 9.59 Å². The molecule has 6 nitrogen and oxygen atoms in total. The van der Waals surface area contributed by atoms with Crippen LogP contribution in [0.2, 0.25) is 5.02 Å². The highest BCUT2D eigenvalue weighted by atomic mass is 35.5. The van der Waals surface area contributed by atoms with Gasteiger partial charge in [0.2, 0.25) is 0 Å². The van der Waals surface area contributed by atoms with Crippen LogP contribution in [-0.4, -0.2) is 28.1 Å². The molecule has 0 unspecified atom stereocenters. The Morgan fingerprint density at radius 2 is 1.79 bits per heavy atom. The molecule has 3 rings (SSSR count).